The van der Waals surface area contributed by atoms with Crippen molar-refractivity contribution in [2.45, 2.75) is 6.54 Å². The lowest BCUT2D eigenvalue weighted by Crippen LogP contribution is -2.49. The molecule has 0 radical (unpaired) electrons. The molecule has 1 aliphatic heterocycles. The number of nitro groups is 1. The Morgan fingerprint density at radius 3 is 2.61 bits per heavy atom. The third-order valence-corrected chi connectivity index (χ3v) is 4.87. The maximum absolute atomic E-state index is 12.5. The molecule has 9 heteroatoms. The minimum absolute atomic E-state index is 0.123. The largest absolute Gasteiger partial charge is 0.496 e. The first kappa shape index (κ1) is 19.9. The zero-order valence-electron chi connectivity index (χ0n) is 15.4. The van der Waals surface area contributed by atoms with Crippen LogP contribution in [0.15, 0.2) is 42.5 Å². The van der Waals surface area contributed by atoms with Crippen molar-refractivity contribution >= 4 is 29.0 Å². The number of para-hydroxylation sites is 2. The van der Waals surface area contributed by atoms with Gasteiger partial charge in [0.25, 0.3) is 5.69 Å². The number of nitrogens with zero attached hydrogens (tertiary/aromatic N) is 3. The molecule has 0 unspecified atom stereocenters. The summed E-state index contributed by atoms with van der Waals surface area (Å²) in [7, 11) is 1.62. The van der Waals surface area contributed by atoms with E-state index in [1.165, 1.54) is 12.1 Å². The van der Waals surface area contributed by atoms with Crippen molar-refractivity contribution < 1.29 is 14.5 Å². The van der Waals surface area contributed by atoms with Gasteiger partial charge < -0.3 is 15.0 Å². The molecule has 1 aliphatic rings. The molecular weight excluding hydrogens is 384 g/mol. The van der Waals surface area contributed by atoms with Gasteiger partial charge in [-0.1, -0.05) is 23.7 Å². The molecule has 0 aromatic heterocycles. The quantitative estimate of drug-likeness (QED) is 0.607. The zero-order chi connectivity index (χ0) is 20.1. The molecule has 3 rings (SSSR count). The third-order valence-electron chi connectivity index (χ3n) is 4.64. The molecule has 148 valence electrons. The Bertz CT molecular complexity index is 869. The number of methoxy groups -OCH3 is 1. The standard InChI is InChI=1S/C19H21ClN4O4/c1-28-18-7-6-15(20)12-14(18)13-22-8-10-23(11-9-22)19(25)21-16-4-2-3-5-17(16)24(26)27/h2-7,12H,8-11,13H2,1H3,(H,21,25). The third kappa shape index (κ3) is 4.71. The van der Waals surface area contributed by atoms with Crippen LogP contribution in [0.4, 0.5) is 16.2 Å². The Morgan fingerprint density at radius 2 is 1.93 bits per heavy atom. The first-order valence-electron chi connectivity index (χ1n) is 8.82. The molecule has 0 spiro atoms. The van der Waals surface area contributed by atoms with Gasteiger partial charge in [-0.3, -0.25) is 15.0 Å². The van der Waals surface area contributed by atoms with Crippen molar-refractivity contribution in [3.05, 3.63) is 63.2 Å². The van der Waals surface area contributed by atoms with Crippen LogP contribution in [-0.2, 0) is 6.54 Å². The number of halogens is 1. The van der Waals surface area contributed by atoms with Crippen LogP contribution in [0.25, 0.3) is 0 Å². The summed E-state index contributed by atoms with van der Waals surface area (Å²) in [5, 5.41) is 14.4. The minimum Gasteiger partial charge on any atom is -0.496 e. The highest BCUT2D eigenvalue weighted by molar-refractivity contribution is 6.30. The summed E-state index contributed by atoms with van der Waals surface area (Å²) in [6.07, 6.45) is 0. The number of rotatable bonds is 5. The first-order chi connectivity index (χ1) is 13.5. The van der Waals surface area contributed by atoms with Gasteiger partial charge in [0.05, 0.1) is 12.0 Å². The summed E-state index contributed by atoms with van der Waals surface area (Å²) in [4.78, 5) is 26.9. The van der Waals surface area contributed by atoms with Crippen LogP contribution in [0.1, 0.15) is 5.56 Å². The van der Waals surface area contributed by atoms with Gasteiger partial charge in [-0.15, -0.1) is 0 Å². The van der Waals surface area contributed by atoms with E-state index in [9.17, 15) is 14.9 Å². The molecular formula is C19H21ClN4O4. The molecule has 1 heterocycles. The molecule has 0 atom stereocenters. The van der Waals surface area contributed by atoms with Crippen LogP contribution in [0.5, 0.6) is 5.75 Å². The Morgan fingerprint density at radius 1 is 1.21 bits per heavy atom. The maximum atomic E-state index is 12.5. The summed E-state index contributed by atoms with van der Waals surface area (Å²) in [6.45, 7) is 3.08. The fourth-order valence-corrected chi connectivity index (χ4v) is 3.35. The van der Waals surface area contributed by atoms with Gasteiger partial charge >= 0.3 is 6.03 Å². The van der Waals surface area contributed by atoms with Crippen LogP contribution in [0, 0.1) is 10.1 Å². The second kappa shape index (κ2) is 8.90. The number of piperazine rings is 1. The number of hydrogen-bond donors (Lipinski definition) is 1. The summed E-state index contributed by atoms with van der Waals surface area (Å²) in [6, 6.07) is 11.3. The topological polar surface area (TPSA) is 88.0 Å². The van der Waals surface area contributed by atoms with E-state index >= 15 is 0 Å². The van der Waals surface area contributed by atoms with Gasteiger partial charge in [0.2, 0.25) is 0 Å². The van der Waals surface area contributed by atoms with E-state index in [1.54, 1.807) is 30.2 Å². The summed E-state index contributed by atoms with van der Waals surface area (Å²) in [5.41, 5.74) is 1.07. The lowest BCUT2D eigenvalue weighted by Gasteiger charge is -2.34. The number of ether oxygens (including phenoxy) is 1. The first-order valence-corrected chi connectivity index (χ1v) is 9.20. The number of carbonyl (C=O) groups is 1. The van der Waals surface area contributed by atoms with E-state index in [0.29, 0.717) is 37.7 Å². The number of carbonyl (C=O) groups excluding carboxylic acids is 1. The van der Waals surface area contributed by atoms with E-state index < -0.39 is 4.92 Å². The molecule has 1 saturated heterocycles. The second-order valence-corrected chi connectivity index (χ2v) is 6.86. The normalized spacial score (nSPS) is 14.6. The van der Waals surface area contributed by atoms with Crippen LogP contribution in [-0.4, -0.2) is 54.0 Å². The van der Waals surface area contributed by atoms with E-state index in [0.717, 1.165) is 11.3 Å². The summed E-state index contributed by atoms with van der Waals surface area (Å²) in [5.74, 6) is 0.779. The molecule has 2 aromatic carbocycles. The number of hydrogen-bond acceptors (Lipinski definition) is 5. The minimum atomic E-state index is -0.508. The number of nitrogens with one attached hydrogen (secondary N) is 1. The Hall–Kier alpha value is -2.84. The van der Waals surface area contributed by atoms with Crippen LogP contribution < -0.4 is 10.1 Å². The molecule has 2 aromatic rings. The highest BCUT2D eigenvalue weighted by atomic mass is 35.5. The number of anilines is 1. The Kier molecular flexibility index (Phi) is 6.33. The van der Waals surface area contributed by atoms with Gasteiger partial charge in [0.1, 0.15) is 11.4 Å². The smallest absolute Gasteiger partial charge is 0.322 e. The van der Waals surface area contributed by atoms with Gasteiger partial charge in [-0.2, -0.15) is 0 Å². The van der Waals surface area contributed by atoms with Gasteiger partial charge in [0.15, 0.2) is 0 Å². The van der Waals surface area contributed by atoms with Gasteiger partial charge in [-0.25, -0.2) is 4.79 Å². The SMILES string of the molecule is COc1ccc(Cl)cc1CN1CCN(C(=O)Nc2ccccc2[N+](=O)[O-])CC1. The molecule has 1 fully saturated rings. The second-order valence-electron chi connectivity index (χ2n) is 6.42. The fraction of sp³-hybridized carbons (Fsp3) is 0.316. The Balaban J connectivity index is 1.58. The molecule has 8 nitrogen and oxygen atoms in total. The predicted octanol–water partition coefficient (Wildman–Crippen LogP) is 3.61. The number of amides is 2. The summed E-state index contributed by atoms with van der Waals surface area (Å²) >= 11 is 6.09. The van der Waals surface area contributed by atoms with Gasteiger partial charge in [0, 0.05) is 49.4 Å². The number of benzene rings is 2. The van der Waals surface area contributed by atoms with Crippen molar-refractivity contribution in [1.29, 1.82) is 0 Å². The highest BCUT2D eigenvalue weighted by Gasteiger charge is 2.24. The van der Waals surface area contributed by atoms with Crippen molar-refractivity contribution in [3.63, 3.8) is 0 Å². The summed E-state index contributed by atoms with van der Waals surface area (Å²) < 4.78 is 5.38. The highest BCUT2D eigenvalue weighted by Crippen LogP contribution is 2.25. The Labute approximate surface area is 167 Å². The van der Waals surface area contributed by atoms with Crippen molar-refractivity contribution in [2.24, 2.45) is 0 Å². The number of urea groups is 1. The number of nitro benzene ring substituents is 1. The van der Waals surface area contributed by atoms with Crippen molar-refractivity contribution in [3.8, 4) is 5.75 Å². The van der Waals surface area contributed by atoms with E-state index in [2.05, 4.69) is 10.2 Å². The average Bonchev–Trinajstić information content (AvgIpc) is 2.69. The maximum Gasteiger partial charge on any atom is 0.322 e. The van der Waals surface area contributed by atoms with Crippen molar-refractivity contribution in [1.82, 2.24) is 9.80 Å². The monoisotopic (exact) mass is 404 g/mol. The molecule has 28 heavy (non-hydrogen) atoms. The average molecular weight is 405 g/mol. The molecule has 2 amide bonds. The van der Waals surface area contributed by atoms with E-state index in [1.807, 2.05) is 12.1 Å². The molecule has 0 aliphatic carbocycles. The van der Waals surface area contributed by atoms with Crippen LogP contribution >= 0.6 is 11.6 Å². The molecule has 0 saturated carbocycles. The fourth-order valence-electron chi connectivity index (χ4n) is 3.15. The van der Waals surface area contributed by atoms with Crippen molar-refractivity contribution in [2.75, 3.05) is 38.6 Å². The lowest BCUT2D eigenvalue weighted by molar-refractivity contribution is -0.383. The van der Waals surface area contributed by atoms with E-state index in [-0.39, 0.29) is 17.4 Å². The lowest BCUT2D eigenvalue weighted by atomic mass is 10.1. The van der Waals surface area contributed by atoms with Crippen LogP contribution in [0.2, 0.25) is 5.02 Å². The van der Waals surface area contributed by atoms with E-state index in [4.69, 9.17) is 16.3 Å². The van der Waals surface area contributed by atoms with Crippen LogP contribution in [0.3, 0.4) is 0 Å². The predicted molar refractivity (Wildman–Crippen MR) is 107 cm³/mol. The zero-order valence-corrected chi connectivity index (χ0v) is 16.2. The molecule has 1 N–H and O–H groups in total. The molecule has 0 bridgehead atoms. The van der Waals surface area contributed by atoms with Gasteiger partial charge in [-0.05, 0) is 24.3 Å².